The molecule has 0 bridgehead atoms. The molecule has 0 spiro atoms. The maximum atomic E-state index is 14.5. The Kier molecular flexibility index (Phi) is 8.33. The molecule has 1 unspecified atom stereocenters. The molecule has 1 amide bonds. The van der Waals surface area contributed by atoms with Crippen LogP contribution in [0.4, 0.5) is 4.39 Å². The van der Waals surface area contributed by atoms with E-state index in [0.29, 0.717) is 34.6 Å². The molecule has 3 fully saturated rings. The molecule has 2 saturated heterocycles. The SMILES string of the molecule is O=C(NC(c1cccc(F)c1)C1CC1)c1c(CN2CCC(N3CCCCC3)CC2)n(-c2ccccc2)c(=O)c2ccccc12. The van der Waals surface area contributed by atoms with Gasteiger partial charge in [-0.2, -0.15) is 0 Å². The number of halogens is 1. The molecule has 1 atom stereocenters. The number of carbonyl (C=O) groups excluding carboxylic acids is 1. The van der Waals surface area contributed by atoms with Crippen molar-refractivity contribution in [2.75, 3.05) is 26.2 Å². The molecule has 3 aromatic carbocycles. The van der Waals surface area contributed by atoms with Crippen LogP contribution in [0, 0.1) is 11.7 Å². The van der Waals surface area contributed by atoms with E-state index in [-0.39, 0.29) is 29.2 Å². The standard InChI is InChI=1S/C37H41FN4O2/c38-28-11-9-10-27(24-28)35(26-16-17-26)39-36(43)34-31-14-5-6-15-32(31)37(44)42(30-12-3-1-4-13-30)33(34)25-40-22-18-29(19-23-40)41-20-7-2-8-21-41/h1,3-6,9-15,24,26,29,35H,2,7-8,16-23,25H2,(H,39,43). The lowest BCUT2D eigenvalue weighted by atomic mass is 9.97. The van der Waals surface area contributed by atoms with Crippen LogP contribution in [0.2, 0.25) is 0 Å². The number of pyridine rings is 1. The number of aromatic nitrogens is 1. The van der Waals surface area contributed by atoms with Gasteiger partial charge < -0.3 is 10.2 Å². The van der Waals surface area contributed by atoms with Crippen LogP contribution in [-0.2, 0) is 6.54 Å². The first kappa shape index (κ1) is 28.9. The van der Waals surface area contributed by atoms with Crippen LogP contribution in [-0.4, -0.2) is 52.5 Å². The second-order valence-corrected chi connectivity index (χ2v) is 12.8. The van der Waals surface area contributed by atoms with Crippen LogP contribution >= 0.6 is 0 Å². The van der Waals surface area contributed by atoms with Gasteiger partial charge in [-0.1, -0.05) is 55.0 Å². The van der Waals surface area contributed by atoms with E-state index in [2.05, 4.69) is 15.1 Å². The van der Waals surface area contributed by atoms with Crippen molar-refractivity contribution >= 4 is 16.7 Å². The highest BCUT2D eigenvalue weighted by Gasteiger charge is 2.35. The van der Waals surface area contributed by atoms with Gasteiger partial charge in [0.2, 0.25) is 0 Å². The van der Waals surface area contributed by atoms with E-state index in [1.54, 1.807) is 10.6 Å². The zero-order valence-corrected chi connectivity index (χ0v) is 25.3. The van der Waals surface area contributed by atoms with Crippen LogP contribution < -0.4 is 10.9 Å². The predicted octanol–water partition coefficient (Wildman–Crippen LogP) is 6.46. The zero-order chi connectivity index (χ0) is 30.0. The molecule has 1 aliphatic carbocycles. The second kappa shape index (κ2) is 12.7. The molecule has 228 valence electrons. The summed E-state index contributed by atoms with van der Waals surface area (Å²) in [5, 5.41) is 4.49. The van der Waals surface area contributed by atoms with Crippen LogP contribution in [0.1, 0.15) is 72.6 Å². The third-order valence-electron chi connectivity index (χ3n) is 9.86. The highest BCUT2D eigenvalue weighted by Crippen LogP contribution is 2.41. The third kappa shape index (κ3) is 5.95. The van der Waals surface area contributed by atoms with E-state index in [1.807, 2.05) is 60.7 Å². The summed E-state index contributed by atoms with van der Waals surface area (Å²) in [5.41, 5.74) is 2.65. The lowest BCUT2D eigenvalue weighted by Crippen LogP contribution is -2.47. The first-order chi connectivity index (χ1) is 21.6. The molecule has 7 heteroatoms. The summed E-state index contributed by atoms with van der Waals surface area (Å²) in [6.07, 6.45) is 8.07. The van der Waals surface area contributed by atoms with Gasteiger partial charge in [-0.05, 0) is 93.4 Å². The van der Waals surface area contributed by atoms with Gasteiger partial charge in [0.05, 0.1) is 17.3 Å². The molecule has 2 aliphatic heterocycles. The molecule has 7 rings (SSSR count). The summed E-state index contributed by atoms with van der Waals surface area (Å²) < 4.78 is 16.0. The molecule has 3 aliphatic rings. The molecule has 6 nitrogen and oxygen atoms in total. The van der Waals surface area contributed by atoms with Gasteiger partial charge in [0, 0.05) is 42.1 Å². The Morgan fingerprint density at radius 1 is 0.818 bits per heavy atom. The molecular formula is C37H41FN4O2. The van der Waals surface area contributed by atoms with Crippen LogP contribution in [0.25, 0.3) is 16.5 Å². The number of nitrogens with zero attached hydrogens (tertiary/aromatic N) is 3. The van der Waals surface area contributed by atoms with Crippen molar-refractivity contribution in [2.24, 2.45) is 5.92 Å². The van der Waals surface area contributed by atoms with Crippen molar-refractivity contribution in [3.05, 3.63) is 112 Å². The lowest BCUT2D eigenvalue weighted by molar-refractivity contribution is 0.0873. The first-order valence-corrected chi connectivity index (χ1v) is 16.3. The molecular weight excluding hydrogens is 551 g/mol. The minimum absolute atomic E-state index is 0.120. The molecule has 1 N–H and O–H groups in total. The number of hydrogen-bond donors (Lipinski definition) is 1. The number of rotatable bonds is 8. The van der Waals surface area contributed by atoms with E-state index in [0.717, 1.165) is 50.0 Å². The highest BCUT2D eigenvalue weighted by atomic mass is 19.1. The minimum Gasteiger partial charge on any atom is -0.345 e. The summed E-state index contributed by atoms with van der Waals surface area (Å²) in [6.45, 7) is 4.73. The average molecular weight is 593 g/mol. The summed E-state index contributed by atoms with van der Waals surface area (Å²) in [7, 11) is 0. The monoisotopic (exact) mass is 592 g/mol. The van der Waals surface area contributed by atoms with Gasteiger partial charge >= 0.3 is 0 Å². The number of likely N-dealkylation sites (tertiary alicyclic amines) is 2. The Bertz CT molecular complexity index is 1690. The fourth-order valence-corrected chi connectivity index (χ4v) is 7.41. The van der Waals surface area contributed by atoms with Gasteiger partial charge in [-0.25, -0.2) is 4.39 Å². The van der Waals surface area contributed by atoms with E-state index in [1.165, 1.54) is 44.5 Å². The van der Waals surface area contributed by atoms with Crippen LogP contribution in [0.3, 0.4) is 0 Å². The lowest BCUT2D eigenvalue weighted by Gasteiger charge is -2.40. The Morgan fingerprint density at radius 3 is 2.23 bits per heavy atom. The van der Waals surface area contributed by atoms with Crippen LogP contribution in [0.5, 0.6) is 0 Å². The van der Waals surface area contributed by atoms with Crippen molar-refractivity contribution < 1.29 is 9.18 Å². The molecule has 1 aromatic heterocycles. The van der Waals surface area contributed by atoms with Crippen molar-refractivity contribution in [3.8, 4) is 5.69 Å². The Balaban J connectivity index is 1.29. The maximum absolute atomic E-state index is 14.5. The number of fused-ring (bicyclic) bond motifs is 1. The number of para-hydroxylation sites is 1. The number of piperidine rings is 2. The van der Waals surface area contributed by atoms with E-state index in [9.17, 15) is 14.0 Å². The predicted molar refractivity (Wildman–Crippen MR) is 173 cm³/mol. The first-order valence-electron chi connectivity index (χ1n) is 16.3. The molecule has 0 radical (unpaired) electrons. The van der Waals surface area contributed by atoms with Gasteiger partial charge in [-0.15, -0.1) is 0 Å². The van der Waals surface area contributed by atoms with Gasteiger partial charge in [0.1, 0.15) is 5.82 Å². The van der Waals surface area contributed by atoms with Gasteiger partial charge in [0.25, 0.3) is 11.5 Å². The van der Waals surface area contributed by atoms with Crippen molar-refractivity contribution in [3.63, 3.8) is 0 Å². The largest absolute Gasteiger partial charge is 0.345 e. The topological polar surface area (TPSA) is 57.6 Å². The summed E-state index contributed by atoms with van der Waals surface area (Å²) >= 11 is 0. The average Bonchev–Trinajstić information content (AvgIpc) is 3.91. The molecule has 4 aromatic rings. The minimum atomic E-state index is -0.306. The van der Waals surface area contributed by atoms with E-state index >= 15 is 0 Å². The Morgan fingerprint density at radius 2 is 1.52 bits per heavy atom. The fourth-order valence-electron chi connectivity index (χ4n) is 7.41. The quantitative estimate of drug-likeness (QED) is 0.255. The Hall–Kier alpha value is -3.81. The number of hydrogen-bond acceptors (Lipinski definition) is 4. The number of benzene rings is 3. The number of carbonyl (C=O) groups is 1. The molecule has 44 heavy (non-hydrogen) atoms. The summed E-state index contributed by atoms with van der Waals surface area (Å²) in [5.74, 6) is -0.256. The third-order valence-corrected chi connectivity index (χ3v) is 9.86. The fraction of sp³-hybridized carbons (Fsp3) is 0.405. The maximum Gasteiger partial charge on any atom is 0.263 e. The van der Waals surface area contributed by atoms with Crippen molar-refractivity contribution in [2.45, 2.75) is 63.6 Å². The Labute approximate surface area is 258 Å². The van der Waals surface area contributed by atoms with Gasteiger partial charge in [-0.3, -0.25) is 19.1 Å². The zero-order valence-electron chi connectivity index (χ0n) is 25.3. The van der Waals surface area contributed by atoms with Gasteiger partial charge in [0.15, 0.2) is 0 Å². The summed E-state index contributed by atoms with van der Waals surface area (Å²) in [6, 6.07) is 24.0. The second-order valence-electron chi connectivity index (χ2n) is 12.8. The van der Waals surface area contributed by atoms with Crippen LogP contribution in [0.15, 0.2) is 83.7 Å². The summed E-state index contributed by atoms with van der Waals surface area (Å²) in [4.78, 5) is 33.8. The molecule has 3 heterocycles. The number of amides is 1. The van der Waals surface area contributed by atoms with E-state index in [4.69, 9.17) is 0 Å². The molecule has 1 saturated carbocycles. The van der Waals surface area contributed by atoms with Crippen molar-refractivity contribution in [1.82, 2.24) is 19.7 Å². The highest BCUT2D eigenvalue weighted by molar-refractivity contribution is 6.08. The number of nitrogens with one attached hydrogen (secondary N) is 1. The normalized spacial score (nSPS) is 19.2. The smallest absolute Gasteiger partial charge is 0.263 e. The van der Waals surface area contributed by atoms with E-state index < -0.39 is 0 Å². The van der Waals surface area contributed by atoms with Crippen molar-refractivity contribution in [1.29, 1.82) is 0 Å².